The summed E-state index contributed by atoms with van der Waals surface area (Å²) in [7, 11) is 0. The number of halogens is 1. The van der Waals surface area contributed by atoms with Crippen molar-refractivity contribution in [3.63, 3.8) is 0 Å². The Balaban J connectivity index is 1.73. The standard InChI is InChI=1S/C26H26FN5O/c1-18(33)31-24-15-21(11-12-30-24)25(26(28)20-7-9-22(27)10-8-20)23-17-32(14-13-29-23)16-19-5-3-2-4-6-19/h2-12,15H,13-14,16-17,28H2,1H3,(H,30,31,33). The summed E-state index contributed by atoms with van der Waals surface area (Å²) >= 11 is 0. The number of pyridine rings is 1. The molecule has 0 bridgehead atoms. The number of carbonyl (C=O) groups is 1. The number of carbonyl (C=O) groups excluding carboxylic acids is 1. The minimum atomic E-state index is -0.325. The fourth-order valence-corrected chi connectivity index (χ4v) is 3.89. The SMILES string of the molecule is CC(=O)Nc1cc(C(C2=NCCN(Cc3ccccc3)C2)=C(N)c2ccc(F)cc2)ccn1. The lowest BCUT2D eigenvalue weighted by Gasteiger charge is -2.28. The van der Waals surface area contributed by atoms with Gasteiger partial charge in [-0.1, -0.05) is 30.3 Å². The Kier molecular flexibility index (Phi) is 6.90. The molecule has 0 spiro atoms. The Morgan fingerprint density at radius 2 is 1.85 bits per heavy atom. The van der Waals surface area contributed by atoms with E-state index < -0.39 is 0 Å². The first-order valence-corrected chi connectivity index (χ1v) is 10.8. The van der Waals surface area contributed by atoms with Crippen LogP contribution in [0.25, 0.3) is 11.3 Å². The van der Waals surface area contributed by atoms with E-state index in [1.807, 2.05) is 24.3 Å². The number of rotatable bonds is 6. The van der Waals surface area contributed by atoms with E-state index in [1.165, 1.54) is 24.6 Å². The zero-order valence-electron chi connectivity index (χ0n) is 18.5. The van der Waals surface area contributed by atoms with Crippen molar-refractivity contribution in [1.29, 1.82) is 0 Å². The number of nitrogens with one attached hydrogen (secondary N) is 1. The highest BCUT2D eigenvalue weighted by atomic mass is 19.1. The van der Waals surface area contributed by atoms with Crippen LogP contribution in [0.4, 0.5) is 10.2 Å². The molecule has 4 rings (SSSR count). The van der Waals surface area contributed by atoms with Crippen LogP contribution in [0.15, 0.2) is 77.9 Å². The number of aliphatic imine (C=N–C) groups is 1. The summed E-state index contributed by atoms with van der Waals surface area (Å²) in [5.74, 6) is -0.100. The molecule has 0 saturated heterocycles. The van der Waals surface area contributed by atoms with Gasteiger partial charge in [-0.25, -0.2) is 9.37 Å². The number of hydrogen-bond donors (Lipinski definition) is 2. The molecule has 33 heavy (non-hydrogen) atoms. The molecule has 0 saturated carbocycles. The van der Waals surface area contributed by atoms with Crippen molar-refractivity contribution in [3.05, 3.63) is 95.4 Å². The van der Waals surface area contributed by atoms with E-state index in [9.17, 15) is 9.18 Å². The number of nitrogens with zero attached hydrogens (tertiary/aromatic N) is 3. The summed E-state index contributed by atoms with van der Waals surface area (Å²) in [6.45, 7) is 4.34. The van der Waals surface area contributed by atoms with Gasteiger partial charge in [0, 0.05) is 44.0 Å². The van der Waals surface area contributed by atoms with Gasteiger partial charge in [0.2, 0.25) is 5.91 Å². The van der Waals surface area contributed by atoms with Crippen LogP contribution in [0.1, 0.15) is 23.6 Å². The number of nitrogens with two attached hydrogens (primary N) is 1. The van der Waals surface area contributed by atoms with Crippen molar-refractivity contribution in [2.24, 2.45) is 10.7 Å². The van der Waals surface area contributed by atoms with Crippen molar-refractivity contribution < 1.29 is 9.18 Å². The summed E-state index contributed by atoms with van der Waals surface area (Å²) < 4.78 is 13.5. The van der Waals surface area contributed by atoms with Crippen LogP contribution < -0.4 is 11.1 Å². The number of aromatic nitrogens is 1. The maximum absolute atomic E-state index is 13.5. The average molecular weight is 444 g/mol. The molecular formula is C26H26FN5O. The number of hydrogen-bond acceptors (Lipinski definition) is 5. The molecule has 0 fully saturated rings. The molecule has 2 aromatic carbocycles. The quantitative estimate of drug-likeness (QED) is 0.604. The second kappa shape index (κ2) is 10.2. The van der Waals surface area contributed by atoms with Crippen molar-refractivity contribution >= 4 is 28.7 Å². The zero-order chi connectivity index (χ0) is 23.2. The minimum Gasteiger partial charge on any atom is -0.398 e. The topological polar surface area (TPSA) is 83.6 Å². The smallest absolute Gasteiger partial charge is 0.222 e. The van der Waals surface area contributed by atoms with Crippen molar-refractivity contribution in [2.75, 3.05) is 25.0 Å². The predicted molar refractivity (Wildman–Crippen MR) is 130 cm³/mol. The third kappa shape index (κ3) is 5.70. The van der Waals surface area contributed by atoms with Crippen molar-refractivity contribution in [2.45, 2.75) is 13.5 Å². The van der Waals surface area contributed by atoms with Gasteiger partial charge in [-0.05, 0) is 53.1 Å². The van der Waals surface area contributed by atoms with E-state index in [4.69, 9.17) is 10.7 Å². The highest BCUT2D eigenvalue weighted by molar-refractivity contribution is 6.31. The maximum atomic E-state index is 13.5. The first-order valence-electron chi connectivity index (χ1n) is 10.8. The van der Waals surface area contributed by atoms with Gasteiger partial charge < -0.3 is 11.1 Å². The molecule has 168 valence electrons. The molecule has 7 heteroatoms. The first kappa shape index (κ1) is 22.4. The summed E-state index contributed by atoms with van der Waals surface area (Å²) in [4.78, 5) is 22.9. The summed E-state index contributed by atoms with van der Waals surface area (Å²) in [6, 6.07) is 20.0. The molecule has 2 heterocycles. The summed E-state index contributed by atoms with van der Waals surface area (Å²) in [5, 5.41) is 2.72. The van der Waals surface area contributed by atoms with E-state index >= 15 is 0 Å². The summed E-state index contributed by atoms with van der Waals surface area (Å²) in [5.41, 5.74) is 11.5. The molecule has 0 unspecified atom stereocenters. The van der Waals surface area contributed by atoms with Gasteiger partial charge in [-0.2, -0.15) is 0 Å². The van der Waals surface area contributed by atoms with Gasteiger partial charge in [0.25, 0.3) is 0 Å². The van der Waals surface area contributed by atoms with E-state index in [0.717, 1.165) is 29.9 Å². The average Bonchev–Trinajstić information content (AvgIpc) is 2.80. The third-order valence-electron chi connectivity index (χ3n) is 5.41. The van der Waals surface area contributed by atoms with Gasteiger partial charge in [-0.15, -0.1) is 0 Å². The highest BCUT2D eigenvalue weighted by Crippen LogP contribution is 2.28. The Labute approximate surface area is 192 Å². The Morgan fingerprint density at radius 3 is 2.58 bits per heavy atom. The fourth-order valence-electron chi connectivity index (χ4n) is 3.89. The maximum Gasteiger partial charge on any atom is 0.222 e. The van der Waals surface area contributed by atoms with Crippen molar-refractivity contribution in [3.8, 4) is 0 Å². The number of anilines is 1. The van der Waals surface area contributed by atoms with Crippen molar-refractivity contribution in [1.82, 2.24) is 9.88 Å². The van der Waals surface area contributed by atoms with E-state index in [1.54, 1.807) is 24.4 Å². The normalized spacial score (nSPS) is 14.9. The Morgan fingerprint density at radius 1 is 1.09 bits per heavy atom. The fraction of sp³-hybridized carbons (Fsp3) is 0.192. The molecule has 3 N–H and O–H groups in total. The lowest BCUT2D eigenvalue weighted by atomic mass is 9.95. The number of benzene rings is 2. The van der Waals surface area contributed by atoms with Crippen LogP contribution in [0, 0.1) is 5.82 Å². The molecule has 1 aromatic heterocycles. The second-order valence-corrected chi connectivity index (χ2v) is 7.93. The molecule has 0 atom stereocenters. The highest BCUT2D eigenvalue weighted by Gasteiger charge is 2.22. The van der Waals surface area contributed by atoms with Crippen LogP contribution in [-0.2, 0) is 11.3 Å². The third-order valence-corrected chi connectivity index (χ3v) is 5.41. The zero-order valence-corrected chi connectivity index (χ0v) is 18.5. The van der Waals surface area contributed by atoms with Crippen LogP contribution in [0.2, 0.25) is 0 Å². The first-order chi connectivity index (χ1) is 16.0. The van der Waals surface area contributed by atoms with Gasteiger partial charge in [0.05, 0.1) is 12.3 Å². The number of amides is 1. The molecule has 0 radical (unpaired) electrons. The Hall–Kier alpha value is -3.84. The predicted octanol–water partition coefficient (Wildman–Crippen LogP) is 3.96. The minimum absolute atomic E-state index is 0.208. The lowest BCUT2D eigenvalue weighted by molar-refractivity contribution is -0.114. The van der Waals surface area contributed by atoms with Crippen LogP contribution in [0.5, 0.6) is 0 Å². The van der Waals surface area contributed by atoms with E-state index in [-0.39, 0.29) is 11.7 Å². The molecule has 1 aliphatic heterocycles. The second-order valence-electron chi connectivity index (χ2n) is 7.93. The monoisotopic (exact) mass is 443 g/mol. The summed E-state index contributed by atoms with van der Waals surface area (Å²) in [6.07, 6.45) is 1.63. The van der Waals surface area contributed by atoms with Gasteiger partial charge in [0.15, 0.2) is 0 Å². The van der Waals surface area contributed by atoms with Crippen LogP contribution in [0.3, 0.4) is 0 Å². The largest absolute Gasteiger partial charge is 0.398 e. The van der Waals surface area contributed by atoms with Gasteiger partial charge in [0.1, 0.15) is 11.6 Å². The van der Waals surface area contributed by atoms with Crippen LogP contribution in [-0.4, -0.2) is 41.1 Å². The molecular weight excluding hydrogens is 417 g/mol. The van der Waals surface area contributed by atoms with Gasteiger partial charge >= 0.3 is 0 Å². The molecule has 0 aliphatic carbocycles. The van der Waals surface area contributed by atoms with E-state index in [0.29, 0.717) is 30.2 Å². The molecule has 1 aliphatic rings. The Bertz CT molecular complexity index is 1190. The lowest BCUT2D eigenvalue weighted by Crippen LogP contribution is -2.36. The van der Waals surface area contributed by atoms with Gasteiger partial charge in [-0.3, -0.25) is 14.7 Å². The van der Waals surface area contributed by atoms with E-state index in [2.05, 4.69) is 27.3 Å². The molecule has 3 aromatic rings. The molecule has 6 nitrogen and oxygen atoms in total. The molecule has 1 amide bonds. The van der Waals surface area contributed by atoms with Crippen LogP contribution >= 0.6 is 0 Å².